The summed E-state index contributed by atoms with van der Waals surface area (Å²) in [6.07, 6.45) is 0. The molecule has 0 aliphatic rings. The van der Waals surface area contributed by atoms with Crippen LogP contribution in [0.15, 0.2) is 0 Å². The van der Waals surface area contributed by atoms with Crippen LogP contribution >= 0.6 is 0 Å². The van der Waals surface area contributed by atoms with Crippen LogP contribution in [0.3, 0.4) is 0 Å². The number of ether oxygens (including phenoxy) is 1. The fourth-order valence-corrected chi connectivity index (χ4v) is 0. The average molecular weight is 195 g/mol. The Labute approximate surface area is 59.1 Å². The topological polar surface area (TPSA) is 9.23 Å². The summed E-state index contributed by atoms with van der Waals surface area (Å²) in [5.41, 5.74) is 0.0417. The molecule has 0 saturated carbocycles. The van der Waals surface area contributed by atoms with Gasteiger partial charge in [0, 0.05) is 27.5 Å². The van der Waals surface area contributed by atoms with E-state index in [1.807, 2.05) is 20.8 Å². The molecule has 0 radical (unpaired) electrons. The molecule has 0 atom stereocenters. The molecule has 0 bridgehead atoms. The molecule has 0 aliphatic heterocycles. The SMILES string of the molecule is COC(C)(C)C.[Pd]. The van der Waals surface area contributed by atoms with Gasteiger partial charge in [0.1, 0.15) is 0 Å². The second-order valence-electron chi connectivity index (χ2n) is 2.32. The molecule has 0 unspecified atom stereocenters. The van der Waals surface area contributed by atoms with E-state index in [4.69, 9.17) is 4.74 Å². The Kier molecular flexibility index (Phi) is 5.44. The van der Waals surface area contributed by atoms with E-state index >= 15 is 0 Å². The molecule has 2 heteroatoms. The van der Waals surface area contributed by atoms with Gasteiger partial charge in [-0.3, -0.25) is 0 Å². The van der Waals surface area contributed by atoms with Crippen LogP contribution in [0, 0.1) is 0 Å². The zero-order valence-corrected chi connectivity index (χ0v) is 6.78. The van der Waals surface area contributed by atoms with Crippen molar-refractivity contribution in [2.24, 2.45) is 0 Å². The maximum Gasteiger partial charge on any atom is 0.0594 e. The van der Waals surface area contributed by atoms with Gasteiger partial charge >= 0.3 is 0 Å². The number of methoxy groups -OCH3 is 1. The van der Waals surface area contributed by atoms with Crippen LogP contribution < -0.4 is 0 Å². The van der Waals surface area contributed by atoms with Crippen molar-refractivity contribution >= 4 is 0 Å². The van der Waals surface area contributed by atoms with Gasteiger partial charge in [-0.2, -0.15) is 0 Å². The molecule has 0 saturated heterocycles. The second-order valence-corrected chi connectivity index (χ2v) is 2.32. The summed E-state index contributed by atoms with van der Waals surface area (Å²) in [4.78, 5) is 0. The molecule has 48 valence electrons. The van der Waals surface area contributed by atoms with Crippen molar-refractivity contribution in [2.45, 2.75) is 26.4 Å². The summed E-state index contributed by atoms with van der Waals surface area (Å²) in [6, 6.07) is 0. The average Bonchev–Trinajstić information content (AvgIpc) is 1.35. The quantitative estimate of drug-likeness (QED) is 0.530. The third-order valence-corrected chi connectivity index (χ3v) is 0.612. The number of hydrogen-bond donors (Lipinski definition) is 0. The van der Waals surface area contributed by atoms with Gasteiger partial charge in [-0.1, -0.05) is 0 Å². The Morgan fingerprint density at radius 2 is 1.29 bits per heavy atom. The second kappa shape index (κ2) is 3.60. The Bertz CT molecular complexity index is 37.8. The van der Waals surface area contributed by atoms with Crippen molar-refractivity contribution < 1.29 is 25.2 Å². The Morgan fingerprint density at radius 3 is 1.29 bits per heavy atom. The monoisotopic (exact) mass is 194 g/mol. The van der Waals surface area contributed by atoms with Gasteiger partial charge in [0.2, 0.25) is 0 Å². The smallest absolute Gasteiger partial charge is 0.0594 e. The van der Waals surface area contributed by atoms with Crippen molar-refractivity contribution in [3.05, 3.63) is 0 Å². The van der Waals surface area contributed by atoms with Crippen LogP contribution in [0.25, 0.3) is 0 Å². The van der Waals surface area contributed by atoms with Crippen LogP contribution in [-0.2, 0) is 25.2 Å². The minimum Gasteiger partial charge on any atom is -0.379 e. The molecule has 0 aromatic heterocycles. The Morgan fingerprint density at radius 1 is 1.14 bits per heavy atom. The van der Waals surface area contributed by atoms with E-state index in [0.717, 1.165) is 0 Å². The maximum absolute atomic E-state index is 4.94. The van der Waals surface area contributed by atoms with Crippen LogP contribution in [0.1, 0.15) is 20.8 Å². The molecule has 0 aromatic rings. The summed E-state index contributed by atoms with van der Waals surface area (Å²) in [5, 5.41) is 0. The van der Waals surface area contributed by atoms with Gasteiger partial charge in [-0.15, -0.1) is 0 Å². The number of hydrogen-bond acceptors (Lipinski definition) is 1. The minimum atomic E-state index is 0. The fraction of sp³-hybridized carbons (Fsp3) is 1.00. The third kappa shape index (κ3) is 10.8. The first-order valence-electron chi connectivity index (χ1n) is 2.11. The van der Waals surface area contributed by atoms with Crippen LogP contribution in [0.5, 0.6) is 0 Å². The number of rotatable bonds is 0. The Hall–Kier alpha value is 0.622. The van der Waals surface area contributed by atoms with Crippen molar-refractivity contribution in [3.8, 4) is 0 Å². The van der Waals surface area contributed by atoms with Gasteiger partial charge in [-0.05, 0) is 20.8 Å². The van der Waals surface area contributed by atoms with E-state index in [1.165, 1.54) is 0 Å². The summed E-state index contributed by atoms with van der Waals surface area (Å²) in [5.74, 6) is 0. The van der Waals surface area contributed by atoms with E-state index in [9.17, 15) is 0 Å². The first-order valence-corrected chi connectivity index (χ1v) is 2.11. The predicted octanol–water partition coefficient (Wildman–Crippen LogP) is 1.43. The van der Waals surface area contributed by atoms with Gasteiger partial charge in [0.25, 0.3) is 0 Å². The molecular formula is C5H12OPd. The van der Waals surface area contributed by atoms with Gasteiger partial charge in [-0.25, -0.2) is 0 Å². The van der Waals surface area contributed by atoms with Crippen LogP contribution in [-0.4, -0.2) is 12.7 Å². The summed E-state index contributed by atoms with van der Waals surface area (Å²) < 4.78 is 4.94. The van der Waals surface area contributed by atoms with Crippen LogP contribution in [0.2, 0.25) is 0 Å². The molecule has 0 N–H and O–H groups in total. The third-order valence-electron chi connectivity index (χ3n) is 0.612. The summed E-state index contributed by atoms with van der Waals surface area (Å²) >= 11 is 0. The van der Waals surface area contributed by atoms with E-state index in [2.05, 4.69) is 0 Å². The molecule has 0 aliphatic carbocycles. The molecule has 0 aromatic carbocycles. The molecule has 7 heavy (non-hydrogen) atoms. The molecule has 0 spiro atoms. The van der Waals surface area contributed by atoms with Crippen molar-refractivity contribution in [1.29, 1.82) is 0 Å². The van der Waals surface area contributed by atoms with E-state index in [0.29, 0.717) is 0 Å². The molecule has 0 amide bonds. The van der Waals surface area contributed by atoms with Crippen molar-refractivity contribution in [1.82, 2.24) is 0 Å². The molecule has 0 heterocycles. The van der Waals surface area contributed by atoms with Gasteiger partial charge in [0.05, 0.1) is 5.60 Å². The molecule has 0 fully saturated rings. The fourth-order valence-electron chi connectivity index (χ4n) is 0. The van der Waals surface area contributed by atoms with Gasteiger partial charge in [0.15, 0.2) is 0 Å². The summed E-state index contributed by atoms with van der Waals surface area (Å²) in [6.45, 7) is 6.06. The Balaban J connectivity index is 0. The standard InChI is InChI=1S/C5H12O.Pd/c1-5(2,3)6-4;/h1-4H3;. The van der Waals surface area contributed by atoms with Gasteiger partial charge < -0.3 is 4.74 Å². The van der Waals surface area contributed by atoms with Crippen molar-refractivity contribution in [3.63, 3.8) is 0 Å². The van der Waals surface area contributed by atoms with Crippen molar-refractivity contribution in [2.75, 3.05) is 7.11 Å². The minimum absolute atomic E-state index is 0. The van der Waals surface area contributed by atoms with E-state index in [-0.39, 0.29) is 26.0 Å². The molecule has 1 nitrogen and oxygen atoms in total. The first-order chi connectivity index (χ1) is 2.56. The maximum atomic E-state index is 4.94. The molecular weight excluding hydrogens is 182 g/mol. The summed E-state index contributed by atoms with van der Waals surface area (Å²) in [7, 11) is 1.71. The normalized spacial score (nSPS) is 10.3. The zero-order valence-electron chi connectivity index (χ0n) is 5.22. The molecule has 0 rings (SSSR count). The van der Waals surface area contributed by atoms with E-state index < -0.39 is 0 Å². The first kappa shape index (κ1) is 10.6. The largest absolute Gasteiger partial charge is 0.379 e. The van der Waals surface area contributed by atoms with Crippen LogP contribution in [0.4, 0.5) is 0 Å². The predicted molar refractivity (Wildman–Crippen MR) is 26.8 cm³/mol. The zero-order chi connectivity index (χ0) is 5.21. The van der Waals surface area contributed by atoms with E-state index in [1.54, 1.807) is 7.11 Å².